The van der Waals surface area contributed by atoms with Gasteiger partial charge in [0.1, 0.15) is 0 Å². The Morgan fingerprint density at radius 2 is 1.54 bits per heavy atom. The van der Waals surface area contributed by atoms with Crippen LogP contribution in [0.4, 0.5) is 5.69 Å². The first-order valence-corrected chi connectivity index (χ1v) is 8.19. The number of esters is 1. The van der Waals surface area contributed by atoms with Crippen LogP contribution in [0.25, 0.3) is 0 Å². The first kappa shape index (κ1) is 17.7. The average molecular weight is 325 g/mol. The van der Waals surface area contributed by atoms with Crippen molar-refractivity contribution in [3.05, 3.63) is 64.7 Å². The standard InChI is InChI=1S/C20H23NO3/c1-4-15-7-6-8-16(5-2)19(15)21-18(22)13-24-20(23)17-11-9-14(3)10-12-17/h6-12H,4-5,13H2,1-3H3,(H,21,22). The summed E-state index contributed by atoms with van der Waals surface area (Å²) in [6, 6.07) is 13.0. The van der Waals surface area contributed by atoms with E-state index >= 15 is 0 Å². The van der Waals surface area contributed by atoms with Crippen molar-refractivity contribution in [1.82, 2.24) is 0 Å². The van der Waals surface area contributed by atoms with E-state index in [4.69, 9.17) is 4.74 Å². The molecule has 1 N–H and O–H groups in total. The summed E-state index contributed by atoms with van der Waals surface area (Å²) in [7, 11) is 0. The highest BCUT2D eigenvalue weighted by Gasteiger charge is 2.13. The maximum absolute atomic E-state index is 12.2. The van der Waals surface area contributed by atoms with E-state index < -0.39 is 5.97 Å². The second-order valence-corrected chi connectivity index (χ2v) is 5.65. The van der Waals surface area contributed by atoms with Gasteiger partial charge in [-0.1, -0.05) is 49.7 Å². The van der Waals surface area contributed by atoms with Crippen LogP contribution in [0.1, 0.15) is 40.9 Å². The second-order valence-electron chi connectivity index (χ2n) is 5.65. The largest absolute Gasteiger partial charge is 0.452 e. The quantitative estimate of drug-likeness (QED) is 0.819. The lowest BCUT2D eigenvalue weighted by atomic mass is 10.0. The zero-order valence-corrected chi connectivity index (χ0v) is 14.4. The van der Waals surface area contributed by atoms with Gasteiger partial charge in [-0.05, 0) is 43.0 Å². The van der Waals surface area contributed by atoms with Crippen molar-refractivity contribution < 1.29 is 14.3 Å². The molecule has 0 aromatic heterocycles. The molecule has 0 aliphatic carbocycles. The minimum Gasteiger partial charge on any atom is -0.452 e. The fraction of sp³-hybridized carbons (Fsp3) is 0.300. The Morgan fingerprint density at radius 1 is 0.958 bits per heavy atom. The van der Waals surface area contributed by atoms with E-state index in [1.165, 1.54) is 0 Å². The minimum atomic E-state index is -0.496. The third-order valence-corrected chi connectivity index (χ3v) is 3.88. The fourth-order valence-corrected chi connectivity index (χ4v) is 2.48. The van der Waals surface area contributed by atoms with Crippen LogP contribution < -0.4 is 5.32 Å². The van der Waals surface area contributed by atoms with Crippen LogP contribution in [-0.4, -0.2) is 18.5 Å². The number of carbonyl (C=O) groups excluding carboxylic acids is 2. The number of anilines is 1. The number of ether oxygens (including phenoxy) is 1. The van der Waals surface area contributed by atoms with Crippen LogP contribution >= 0.6 is 0 Å². The fourth-order valence-electron chi connectivity index (χ4n) is 2.48. The Balaban J connectivity index is 1.99. The molecule has 1 amide bonds. The molecule has 4 heteroatoms. The molecule has 2 rings (SSSR count). The van der Waals surface area contributed by atoms with E-state index in [1.807, 2.05) is 51.1 Å². The Hall–Kier alpha value is -2.62. The van der Waals surface area contributed by atoms with Gasteiger partial charge in [0.15, 0.2) is 6.61 Å². The maximum atomic E-state index is 12.2. The first-order chi connectivity index (χ1) is 11.5. The summed E-state index contributed by atoms with van der Waals surface area (Å²) >= 11 is 0. The molecule has 0 aliphatic heterocycles. The number of rotatable bonds is 6. The van der Waals surface area contributed by atoms with Crippen molar-refractivity contribution in [3.8, 4) is 0 Å². The number of nitrogens with one attached hydrogen (secondary N) is 1. The van der Waals surface area contributed by atoms with E-state index in [0.29, 0.717) is 5.56 Å². The zero-order valence-electron chi connectivity index (χ0n) is 14.4. The third-order valence-electron chi connectivity index (χ3n) is 3.88. The monoisotopic (exact) mass is 325 g/mol. The number of amides is 1. The smallest absolute Gasteiger partial charge is 0.338 e. The lowest BCUT2D eigenvalue weighted by Crippen LogP contribution is -2.22. The number of carbonyl (C=O) groups is 2. The van der Waals surface area contributed by atoms with Gasteiger partial charge < -0.3 is 10.1 Å². The van der Waals surface area contributed by atoms with Crippen molar-refractivity contribution in [2.75, 3.05) is 11.9 Å². The molecule has 2 aromatic rings. The predicted octanol–water partition coefficient (Wildman–Crippen LogP) is 3.92. The molecular formula is C20H23NO3. The summed E-state index contributed by atoms with van der Waals surface area (Å²) in [6.45, 7) is 5.73. The van der Waals surface area contributed by atoms with E-state index in [1.54, 1.807) is 12.1 Å². The summed E-state index contributed by atoms with van der Waals surface area (Å²) in [5.74, 6) is -0.823. The number of benzene rings is 2. The van der Waals surface area contributed by atoms with Gasteiger partial charge in [0.05, 0.1) is 5.56 Å². The Morgan fingerprint density at radius 3 is 2.08 bits per heavy atom. The second kappa shape index (κ2) is 8.29. The summed E-state index contributed by atoms with van der Waals surface area (Å²) in [6.07, 6.45) is 1.65. The highest BCUT2D eigenvalue weighted by Crippen LogP contribution is 2.22. The van der Waals surface area contributed by atoms with Gasteiger partial charge in [0.2, 0.25) is 0 Å². The first-order valence-electron chi connectivity index (χ1n) is 8.19. The highest BCUT2D eigenvalue weighted by atomic mass is 16.5. The molecule has 24 heavy (non-hydrogen) atoms. The van der Waals surface area contributed by atoms with Gasteiger partial charge in [0, 0.05) is 5.69 Å². The van der Waals surface area contributed by atoms with E-state index in [-0.39, 0.29) is 12.5 Å². The average Bonchev–Trinajstić information content (AvgIpc) is 2.60. The molecule has 0 bridgehead atoms. The van der Waals surface area contributed by atoms with Gasteiger partial charge in [-0.2, -0.15) is 0 Å². The topological polar surface area (TPSA) is 55.4 Å². The van der Waals surface area contributed by atoms with Gasteiger partial charge in [-0.3, -0.25) is 4.79 Å². The van der Waals surface area contributed by atoms with Crippen LogP contribution in [0, 0.1) is 6.92 Å². The van der Waals surface area contributed by atoms with Crippen LogP contribution in [0.5, 0.6) is 0 Å². The summed E-state index contributed by atoms with van der Waals surface area (Å²) in [5.41, 5.74) is 4.49. The summed E-state index contributed by atoms with van der Waals surface area (Å²) in [4.78, 5) is 24.1. The normalized spacial score (nSPS) is 10.3. The number of hydrogen-bond acceptors (Lipinski definition) is 3. The number of aryl methyl sites for hydroxylation is 3. The van der Waals surface area contributed by atoms with E-state index in [9.17, 15) is 9.59 Å². The zero-order chi connectivity index (χ0) is 17.5. The Kier molecular flexibility index (Phi) is 6.13. The molecule has 0 heterocycles. The van der Waals surface area contributed by atoms with Gasteiger partial charge >= 0.3 is 5.97 Å². The number of para-hydroxylation sites is 1. The number of hydrogen-bond donors (Lipinski definition) is 1. The van der Waals surface area contributed by atoms with Gasteiger partial charge in [-0.15, -0.1) is 0 Å². The molecule has 0 saturated heterocycles. The van der Waals surface area contributed by atoms with Crippen LogP contribution in [0.15, 0.2) is 42.5 Å². The molecular weight excluding hydrogens is 302 g/mol. The molecule has 4 nitrogen and oxygen atoms in total. The SMILES string of the molecule is CCc1cccc(CC)c1NC(=O)COC(=O)c1ccc(C)cc1. The Labute approximate surface area is 142 Å². The van der Waals surface area contributed by atoms with Crippen LogP contribution in [0.2, 0.25) is 0 Å². The molecule has 0 spiro atoms. The lowest BCUT2D eigenvalue weighted by molar-refractivity contribution is -0.119. The molecule has 2 aromatic carbocycles. The van der Waals surface area contributed by atoms with E-state index in [0.717, 1.165) is 35.2 Å². The predicted molar refractivity (Wildman–Crippen MR) is 95.3 cm³/mol. The molecule has 0 aliphatic rings. The summed E-state index contributed by atoms with van der Waals surface area (Å²) < 4.78 is 5.10. The van der Waals surface area contributed by atoms with Crippen molar-refractivity contribution >= 4 is 17.6 Å². The molecule has 0 fully saturated rings. The van der Waals surface area contributed by atoms with Crippen molar-refractivity contribution in [2.45, 2.75) is 33.6 Å². The molecule has 0 atom stereocenters. The Bertz CT molecular complexity index is 698. The molecule has 0 radical (unpaired) electrons. The van der Waals surface area contributed by atoms with Crippen molar-refractivity contribution in [3.63, 3.8) is 0 Å². The summed E-state index contributed by atoms with van der Waals surface area (Å²) in [5, 5.41) is 2.88. The maximum Gasteiger partial charge on any atom is 0.338 e. The van der Waals surface area contributed by atoms with Crippen molar-refractivity contribution in [1.29, 1.82) is 0 Å². The van der Waals surface area contributed by atoms with Crippen molar-refractivity contribution in [2.24, 2.45) is 0 Å². The molecule has 0 unspecified atom stereocenters. The third kappa shape index (κ3) is 4.44. The van der Waals surface area contributed by atoms with Gasteiger partial charge in [0.25, 0.3) is 5.91 Å². The molecule has 126 valence electrons. The molecule has 0 saturated carbocycles. The van der Waals surface area contributed by atoms with Crippen LogP contribution in [-0.2, 0) is 22.4 Å². The van der Waals surface area contributed by atoms with Crippen LogP contribution in [0.3, 0.4) is 0 Å². The minimum absolute atomic E-state index is 0.298. The van der Waals surface area contributed by atoms with Gasteiger partial charge in [-0.25, -0.2) is 4.79 Å². The highest BCUT2D eigenvalue weighted by molar-refractivity contribution is 5.96. The lowest BCUT2D eigenvalue weighted by Gasteiger charge is -2.14. The van der Waals surface area contributed by atoms with E-state index in [2.05, 4.69) is 5.32 Å².